The second-order valence-corrected chi connectivity index (χ2v) is 4.81. The lowest BCUT2D eigenvalue weighted by Gasteiger charge is -2.08. The van der Waals surface area contributed by atoms with Crippen LogP contribution in [-0.2, 0) is 13.6 Å². The molecule has 1 N–H and O–H groups in total. The van der Waals surface area contributed by atoms with Crippen LogP contribution in [0.5, 0.6) is 0 Å². The van der Waals surface area contributed by atoms with Crippen molar-refractivity contribution >= 4 is 21.6 Å². The summed E-state index contributed by atoms with van der Waals surface area (Å²) >= 11 is 3.36. The topological polar surface area (TPSA) is 42.7 Å². The molecule has 17 heavy (non-hydrogen) atoms. The summed E-state index contributed by atoms with van der Waals surface area (Å²) in [5.41, 5.74) is 4.42. The van der Waals surface area contributed by atoms with Crippen molar-refractivity contribution in [3.8, 4) is 0 Å². The maximum Gasteiger partial charge on any atom is 0.106 e. The molecule has 0 atom stereocenters. The maximum atomic E-state index is 4.35. The largest absolute Gasteiger partial charge is 0.379 e. The molecule has 90 valence electrons. The van der Waals surface area contributed by atoms with Crippen LogP contribution in [0.1, 0.15) is 17.0 Å². The van der Waals surface area contributed by atoms with Gasteiger partial charge in [-0.25, -0.2) is 4.98 Å². The summed E-state index contributed by atoms with van der Waals surface area (Å²) in [5.74, 6) is 0. The molecule has 2 rings (SSSR count). The van der Waals surface area contributed by atoms with Crippen molar-refractivity contribution in [3.63, 3.8) is 0 Å². The molecule has 4 nitrogen and oxygen atoms in total. The molecule has 0 aliphatic rings. The quantitative estimate of drug-likeness (QED) is 0.885. The first-order chi connectivity index (χ1) is 8.08. The minimum absolute atomic E-state index is 0.768. The Morgan fingerprint density at radius 2 is 2.12 bits per heavy atom. The Labute approximate surface area is 109 Å². The van der Waals surface area contributed by atoms with Gasteiger partial charge >= 0.3 is 0 Å². The van der Waals surface area contributed by atoms with E-state index in [1.54, 1.807) is 0 Å². The lowest BCUT2D eigenvalue weighted by atomic mass is 10.2. The van der Waals surface area contributed by atoms with Gasteiger partial charge in [-0.3, -0.25) is 4.68 Å². The zero-order valence-corrected chi connectivity index (χ0v) is 11.7. The van der Waals surface area contributed by atoms with Crippen LogP contribution < -0.4 is 5.32 Å². The molecule has 0 aliphatic carbocycles. The molecule has 0 saturated heterocycles. The third-order valence-corrected chi connectivity index (χ3v) is 3.30. The Bertz CT molecular complexity index is 533. The van der Waals surface area contributed by atoms with Crippen LogP contribution in [0.4, 0.5) is 5.69 Å². The van der Waals surface area contributed by atoms with Gasteiger partial charge < -0.3 is 5.32 Å². The number of aromatic nitrogens is 3. The third-order valence-electron chi connectivity index (χ3n) is 2.86. The van der Waals surface area contributed by atoms with Gasteiger partial charge in [-0.1, -0.05) is 0 Å². The number of nitrogens with zero attached hydrogens (tertiary/aromatic N) is 3. The smallest absolute Gasteiger partial charge is 0.106 e. The fourth-order valence-electron chi connectivity index (χ4n) is 1.63. The van der Waals surface area contributed by atoms with E-state index in [4.69, 9.17) is 0 Å². The van der Waals surface area contributed by atoms with E-state index >= 15 is 0 Å². The molecule has 0 amide bonds. The van der Waals surface area contributed by atoms with Gasteiger partial charge in [-0.15, -0.1) is 0 Å². The highest BCUT2D eigenvalue weighted by atomic mass is 79.9. The highest BCUT2D eigenvalue weighted by Crippen LogP contribution is 2.17. The van der Waals surface area contributed by atoms with Gasteiger partial charge in [0.2, 0.25) is 0 Å². The Morgan fingerprint density at radius 1 is 1.35 bits per heavy atom. The molecule has 2 aromatic rings. The molecule has 2 aromatic heterocycles. The van der Waals surface area contributed by atoms with Gasteiger partial charge in [-0.05, 0) is 41.9 Å². The van der Waals surface area contributed by atoms with Gasteiger partial charge in [0.15, 0.2) is 0 Å². The molecule has 0 saturated carbocycles. The number of hydrogen-bond acceptors (Lipinski definition) is 3. The summed E-state index contributed by atoms with van der Waals surface area (Å²) in [5, 5.41) is 7.59. The van der Waals surface area contributed by atoms with Crippen molar-refractivity contribution in [1.82, 2.24) is 14.8 Å². The predicted molar refractivity (Wildman–Crippen MR) is 71.9 cm³/mol. The summed E-state index contributed by atoms with van der Waals surface area (Å²) in [7, 11) is 1.95. The van der Waals surface area contributed by atoms with Crippen molar-refractivity contribution in [3.05, 3.63) is 39.9 Å². The molecule has 0 aromatic carbocycles. The molecule has 0 bridgehead atoms. The van der Waals surface area contributed by atoms with Gasteiger partial charge in [0.05, 0.1) is 17.6 Å². The minimum atomic E-state index is 0.768. The van der Waals surface area contributed by atoms with Crippen LogP contribution >= 0.6 is 15.9 Å². The van der Waals surface area contributed by atoms with Crippen LogP contribution in [0.2, 0.25) is 0 Å². The lowest BCUT2D eigenvalue weighted by Crippen LogP contribution is -2.03. The Balaban J connectivity index is 2.10. The molecular weight excluding hydrogens is 280 g/mol. The van der Waals surface area contributed by atoms with Crippen molar-refractivity contribution < 1.29 is 0 Å². The van der Waals surface area contributed by atoms with E-state index in [2.05, 4.69) is 38.3 Å². The standard InChI is InChI=1S/C12H15BrN4/c1-8-11(4-5-12(13)16-8)14-6-10-7-15-17(3)9(10)2/h4-5,7,14H,6H2,1-3H3. The molecule has 0 spiro atoms. The Kier molecular flexibility index (Phi) is 3.47. The van der Waals surface area contributed by atoms with Crippen molar-refractivity contribution in [2.24, 2.45) is 7.05 Å². The van der Waals surface area contributed by atoms with Gasteiger partial charge in [0.1, 0.15) is 4.60 Å². The number of nitrogens with one attached hydrogen (secondary N) is 1. The predicted octanol–water partition coefficient (Wildman–Crippen LogP) is 2.81. The summed E-state index contributed by atoms with van der Waals surface area (Å²) in [6.45, 7) is 4.82. The maximum absolute atomic E-state index is 4.35. The zero-order chi connectivity index (χ0) is 12.4. The Morgan fingerprint density at radius 3 is 2.71 bits per heavy atom. The van der Waals surface area contributed by atoms with E-state index in [0.29, 0.717) is 0 Å². The highest BCUT2D eigenvalue weighted by molar-refractivity contribution is 9.10. The second-order valence-electron chi connectivity index (χ2n) is 4.00. The molecule has 2 heterocycles. The number of pyridine rings is 1. The normalized spacial score (nSPS) is 10.6. The fraction of sp³-hybridized carbons (Fsp3) is 0.333. The van der Waals surface area contributed by atoms with E-state index in [0.717, 1.165) is 22.5 Å². The summed E-state index contributed by atoms with van der Waals surface area (Å²) < 4.78 is 2.74. The number of aryl methyl sites for hydroxylation is 2. The van der Waals surface area contributed by atoms with Crippen LogP contribution in [0.3, 0.4) is 0 Å². The number of anilines is 1. The van der Waals surface area contributed by atoms with Crippen LogP contribution in [0.15, 0.2) is 22.9 Å². The van der Waals surface area contributed by atoms with Crippen molar-refractivity contribution in [2.45, 2.75) is 20.4 Å². The first-order valence-electron chi connectivity index (χ1n) is 5.42. The monoisotopic (exact) mass is 294 g/mol. The van der Waals surface area contributed by atoms with E-state index in [1.165, 1.54) is 11.3 Å². The average molecular weight is 295 g/mol. The van der Waals surface area contributed by atoms with Gasteiger partial charge in [-0.2, -0.15) is 5.10 Å². The molecule has 5 heteroatoms. The van der Waals surface area contributed by atoms with Gasteiger partial charge in [0, 0.05) is 24.8 Å². The fourth-order valence-corrected chi connectivity index (χ4v) is 2.02. The average Bonchev–Trinajstić information content (AvgIpc) is 2.59. The number of rotatable bonds is 3. The van der Waals surface area contributed by atoms with E-state index in [9.17, 15) is 0 Å². The minimum Gasteiger partial charge on any atom is -0.379 e. The molecule has 0 radical (unpaired) electrons. The van der Waals surface area contributed by atoms with Crippen LogP contribution in [0, 0.1) is 13.8 Å². The van der Waals surface area contributed by atoms with Gasteiger partial charge in [0.25, 0.3) is 0 Å². The van der Waals surface area contributed by atoms with Crippen LogP contribution in [0.25, 0.3) is 0 Å². The van der Waals surface area contributed by atoms with E-state index in [1.807, 2.05) is 37.0 Å². The van der Waals surface area contributed by atoms with Crippen molar-refractivity contribution in [2.75, 3.05) is 5.32 Å². The summed E-state index contributed by atoms with van der Waals surface area (Å²) in [6.07, 6.45) is 1.89. The summed E-state index contributed by atoms with van der Waals surface area (Å²) in [4.78, 5) is 4.35. The Hall–Kier alpha value is -1.36. The molecular formula is C12H15BrN4. The number of halogens is 1. The first-order valence-corrected chi connectivity index (χ1v) is 6.21. The zero-order valence-electron chi connectivity index (χ0n) is 10.2. The SMILES string of the molecule is Cc1nc(Br)ccc1NCc1cnn(C)c1C. The highest BCUT2D eigenvalue weighted by Gasteiger charge is 2.05. The van der Waals surface area contributed by atoms with E-state index in [-0.39, 0.29) is 0 Å². The second kappa shape index (κ2) is 4.87. The molecule has 0 unspecified atom stereocenters. The number of hydrogen-bond donors (Lipinski definition) is 1. The lowest BCUT2D eigenvalue weighted by molar-refractivity contribution is 0.738. The molecule has 0 fully saturated rings. The van der Waals surface area contributed by atoms with Crippen LogP contribution in [-0.4, -0.2) is 14.8 Å². The van der Waals surface area contributed by atoms with E-state index < -0.39 is 0 Å². The third kappa shape index (κ3) is 2.66. The first kappa shape index (κ1) is 12.1. The van der Waals surface area contributed by atoms with Crippen molar-refractivity contribution in [1.29, 1.82) is 0 Å². The molecule has 0 aliphatic heterocycles. The summed E-state index contributed by atoms with van der Waals surface area (Å²) in [6, 6.07) is 3.96.